The Labute approximate surface area is 115 Å². The third kappa shape index (κ3) is 3.54. The number of hydrogen-bond donors (Lipinski definition) is 0. The Morgan fingerprint density at radius 1 is 1.47 bits per heavy atom. The molecular formula is C10H12ClN3O4S. The Bertz CT molecular complexity index is 575. The van der Waals surface area contributed by atoms with Gasteiger partial charge in [0, 0.05) is 29.6 Å². The molecule has 1 amide bonds. The van der Waals surface area contributed by atoms with Gasteiger partial charge in [-0.2, -0.15) is 0 Å². The summed E-state index contributed by atoms with van der Waals surface area (Å²) in [6, 6.07) is 0.204. The molecule has 2 heterocycles. The predicted octanol–water partition coefficient (Wildman–Crippen LogP) is 0.407. The van der Waals surface area contributed by atoms with Crippen molar-refractivity contribution in [3.05, 3.63) is 12.4 Å². The predicted molar refractivity (Wildman–Crippen MR) is 68.7 cm³/mol. The maximum atomic E-state index is 11.8. The first-order valence-corrected chi connectivity index (χ1v) is 7.95. The number of methoxy groups -OCH3 is 1. The summed E-state index contributed by atoms with van der Waals surface area (Å²) in [4.78, 5) is 21.1. The number of hydrogen-bond acceptors (Lipinski definition) is 6. The van der Waals surface area contributed by atoms with Crippen molar-refractivity contribution < 1.29 is 17.9 Å². The van der Waals surface area contributed by atoms with E-state index < -0.39 is 9.05 Å². The lowest BCUT2D eigenvalue weighted by molar-refractivity contribution is -0.117. The Kier molecular flexibility index (Phi) is 3.91. The number of nitrogens with zero attached hydrogens (tertiary/aromatic N) is 3. The van der Waals surface area contributed by atoms with Gasteiger partial charge in [-0.1, -0.05) is 0 Å². The average molecular weight is 306 g/mol. The van der Waals surface area contributed by atoms with Gasteiger partial charge in [-0.25, -0.2) is 18.4 Å². The van der Waals surface area contributed by atoms with Gasteiger partial charge in [-0.3, -0.25) is 4.79 Å². The number of amides is 1. The summed E-state index contributed by atoms with van der Waals surface area (Å²) in [6.07, 6.45) is 3.07. The molecule has 0 aliphatic carbocycles. The van der Waals surface area contributed by atoms with Crippen LogP contribution in [0.2, 0.25) is 0 Å². The van der Waals surface area contributed by atoms with E-state index in [2.05, 4.69) is 9.97 Å². The highest BCUT2D eigenvalue weighted by Crippen LogP contribution is 2.26. The molecular weight excluding hydrogens is 294 g/mol. The van der Waals surface area contributed by atoms with Gasteiger partial charge in [0.15, 0.2) is 0 Å². The van der Waals surface area contributed by atoms with Crippen molar-refractivity contribution in [2.45, 2.75) is 6.42 Å². The lowest BCUT2D eigenvalue weighted by Gasteiger charge is -2.15. The normalized spacial score (nSPS) is 19.8. The summed E-state index contributed by atoms with van der Waals surface area (Å²) in [5, 5.41) is 0. The number of halogens is 1. The second kappa shape index (κ2) is 5.30. The van der Waals surface area contributed by atoms with Crippen molar-refractivity contribution in [1.29, 1.82) is 0 Å². The minimum atomic E-state index is -3.61. The largest absolute Gasteiger partial charge is 0.467 e. The van der Waals surface area contributed by atoms with Gasteiger partial charge in [0.1, 0.15) is 0 Å². The van der Waals surface area contributed by atoms with Gasteiger partial charge in [-0.15, -0.1) is 0 Å². The zero-order valence-electron chi connectivity index (χ0n) is 10.1. The molecule has 1 saturated heterocycles. The number of aromatic nitrogens is 2. The lowest BCUT2D eigenvalue weighted by Crippen LogP contribution is -2.25. The molecule has 0 spiro atoms. The van der Waals surface area contributed by atoms with Crippen molar-refractivity contribution in [3.63, 3.8) is 0 Å². The number of ether oxygens (including phenoxy) is 1. The molecule has 1 unspecified atom stereocenters. The molecule has 9 heteroatoms. The monoisotopic (exact) mass is 305 g/mol. The third-order valence-electron chi connectivity index (χ3n) is 2.75. The molecule has 1 atom stereocenters. The second-order valence-corrected chi connectivity index (χ2v) is 7.03. The molecule has 1 fully saturated rings. The third-order valence-corrected chi connectivity index (χ3v) is 4.00. The Morgan fingerprint density at radius 2 is 2.11 bits per heavy atom. The van der Waals surface area contributed by atoms with Crippen LogP contribution in [0.5, 0.6) is 6.01 Å². The molecule has 19 heavy (non-hydrogen) atoms. The van der Waals surface area contributed by atoms with E-state index in [1.807, 2.05) is 0 Å². The fourth-order valence-corrected chi connectivity index (χ4v) is 3.30. The summed E-state index contributed by atoms with van der Waals surface area (Å²) >= 11 is 0. The van der Waals surface area contributed by atoms with Gasteiger partial charge >= 0.3 is 6.01 Å². The fraction of sp³-hybridized carbons (Fsp3) is 0.500. The van der Waals surface area contributed by atoms with Crippen LogP contribution in [0, 0.1) is 5.92 Å². The van der Waals surface area contributed by atoms with E-state index in [0.717, 1.165) is 0 Å². The maximum Gasteiger partial charge on any atom is 0.316 e. The molecule has 7 nitrogen and oxygen atoms in total. The first-order chi connectivity index (χ1) is 8.89. The molecule has 1 aromatic rings. The molecule has 0 N–H and O–H groups in total. The molecule has 104 valence electrons. The minimum Gasteiger partial charge on any atom is -0.467 e. The topological polar surface area (TPSA) is 89.5 Å². The molecule has 2 rings (SSSR count). The van der Waals surface area contributed by atoms with Crippen LogP contribution in [-0.2, 0) is 13.8 Å². The van der Waals surface area contributed by atoms with Gasteiger partial charge in [0.05, 0.1) is 30.9 Å². The number of carbonyl (C=O) groups is 1. The number of anilines is 1. The second-order valence-electron chi connectivity index (χ2n) is 4.21. The highest BCUT2D eigenvalue weighted by atomic mass is 35.7. The van der Waals surface area contributed by atoms with E-state index in [1.165, 1.54) is 24.4 Å². The maximum absolute atomic E-state index is 11.8. The van der Waals surface area contributed by atoms with Crippen LogP contribution in [0.25, 0.3) is 0 Å². The Morgan fingerprint density at radius 3 is 2.63 bits per heavy atom. The number of rotatable bonds is 4. The van der Waals surface area contributed by atoms with Gasteiger partial charge in [-0.05, 0) is 0 Å². The fourth-order valence-electron chi connectivity index (χ4n) is 1.98. The highest BCUT2D eigenvalue weighted by molar-refractivity contribution is 8.13. The Balaban J connectivity index is 2.11. The summed E-state index contributed by atoms with van der Waals surface area (Å²) in [6.45, 7) is 0.292. The molecule has 0 bridgehead atoms. The van der Waals surface area contributed by atoms with E-state index >= 15 is 0 Å². The van der Waals surface area contributed by atoms with Crippen LogP contribution in [0.15, 0.2) is 12.4 Å². The van der Waals surface area contributed by atoms with Crippen molar-refractivity contribution in [2.75, 3.05) is 24.3 Å². The standard InChI is InChI=1S/C10H12ClN3O4S/c1-18-10-12-3-8(4-13-10)14-5-7(2-9(14)15)6-19(11,16)17/h3-4,7H,2,5-6H2,1H3. The van der Waals surface area contributed by atoms with Crippen molar-refractivity contribution in [2.24, 2.45) is 5.92 Å². The summed E-state index contributed by atoms with van der Waals surface area (Å²) < 4.78 is 26.9. The summed E-state index contributed by atoms with van der Waals surface area (Å²) in [7, 11) is 3.03. The summed E-state index contributed by atoms with van der Waals surface area (Å²) in [5.41, 5.74) is 0.514. The van der Waals surface area contributed by atoms with E-state index in [9.17, 15) is 13.2 Å². The van der Waals surface area contributed by atoms with Crippen LogP contribution in [0.4, 0.5) is 5.69 Å². The van der Waals surface area contributed by atoms with Gasteiger partial charge in [0.25, 0.3) is 0 Å². The summed E-state index contributed by atoms with van der Waals surface area (Å²) in [5.74, 6) is -0.690. The van der Waals surface area contributed by atoms with Crippen LogP contribution >= 0.6 is 10.7 Å². The van der Waals surface area contributed by atoms with Crippen LogP contribution < -0.4 is 9.64 Å². The van der Waals surface area contributed by atoms with E-state index in [0.29, 0.717) is 12.2 Å². The van der Waals surface area contributed by atoms with Crippen molar-refractivity contribution in [1.82, 2.24) is 9.97 Å². The van der Waals surface area contributed by atoms with Crippen molar-refractivity contribution in [3.8, 4) is 6.01 Å². The SMILES string of the molecule is COc1ncc(N2CC(CS(=O)(=O)Cl)CC2=O)cn1. The number of carbonyl (C=O) groups excluding carboxylic acids is 1. The van der Waals surface area contributed by atoms with Crippen molar-refractivity contribution >= 4 is 31.3 Å². The first kappa shape index (κ1) is 14.0. The van der Waals surface area contributed by atoms with Crippen LogP contribution in [0.1, 0.15) is 6.42 Å². The quantitative estimate of drug-likeness (QED) is 0.748. The molecule has 0 aromatic carbocycles. The van der Waals surface area contributed by atoms with Crippen LogP contribution in [0.3, 0.4) is 0 Å². The minimum absolute atomic E-state index is 0.151. The zero-order chi connectivity index (χ0) is 14.0. The molecule has 0 saturated carbocycles. The van der Waals surface area contributed by atoms with E-state index in [-0.39, 0.29) is 30.0 Å². The highest BCUT2D eigenvalue weighted by Gasteiger charge is 2.33. The smallest absolute Gasteiger partial charge is 0.316 e. The zero-order valence-corrected chi connectivity index (χ0v) is 11.7. The molecule has 0 radical (unpaired) electrons. The molecule has 1 aliphatic rings. The lowest BCUT2D eigenvalue weighted by atomic mass is 10.1. The van der Waals surface area contributed by atoms with E-state index in [1.54, 1.807) is 0 Å². The molecule has 1 aromatic heterocycles. The van der Waals surface area contributed by atoms with E-state index in [4.69, 9.17) is 15.4 Å². The molecule has 1 aliphatic heterocycles. The Hall–Kier alpha value is -1.41. The van der Waals surface area contributed by atoms with Crippen LogP contribution in [-0.4, -0.2) is 43.7 Å². The average Bonchev–Trinajstić information content (AvgIpc) is 2.68. The first-order valence-electron chi connectivity index (χ1n) is 5.48. The van der Waals surface area contributed by atoms with Gasteiger partial charge in [0.2, 0.25) is 15.0 Å². The van der Waals surface area contributed by atoms with Gasteiger partial charge < -0.3 is 9.64 Å².